The van der Waals surface area contributed by atoms with E-state index in [2.05, 4.69) is 20.3 Å². The molecule has 2 aromatic heterocycles. The Morgan fingerprint density at radius 3 is 2.60 bits per heavy atom. The molecule has 0 spiro atoms. The number of carbonyl (C=O) groups excluding carboxylic acids is 1. The Bertz CT molecular complexity index is 839. The molecule has 3 aromatic rings. The molecule has 0 bridgehead atoms. The van der Waals surface area contributed by atoms with E-state index >= 15 is 0 Å². The van der Waals surface area contributed by atoms with Crippen molar-refractivity contribution in [2.75, 3.05) is 11.9 Å². The summed E-state index contributed by atoms with van der Waals surface area (Å²) in [5, 5.41) is 3.21. The molecule has 25 heavy (non-hydrogen) atoms. The fourth-order valence-electron chi connectivity index (χ4n) is 2.30. The first kappa shape index (κ1) is 16.6. The molecule has 6 heteroatoms. The maximum Gasteiger partial charge on any atom is 0.343 e. The van der Waals surface area contributed by atoms with E-state index in [9.17, 15) is 4.79 Å². The molecule has 0 unspecified atom stereocenters. The summed E-state index contributed by atoms with van der Waals surface area (Å²) in [5.74, 6) is 0.523. The summed E-state index contributed by atoms with van der Waals surface area (Å²) in [6, 6.07) is 13.5. The van der Waals surface area contributed by atoms with Gasteiger partial charge in [0.2, 0.25) is 0 Å². The second kappa shape index (κ2) is 8.01. The summed E-state index contributed by atoms with van der Waals surface area (Å²) in [6.07, 6.45) is 4.85. The zero-order chi connectivity index (χ0) is 17.5. The van der Waals surface area contributed by atoms with Gasteiger partial charge < -0.3 is 10.1 Å². The van der Waals surface area contributed by atoms with Crippen LogP contribution in [0.4, 0.5) is 5.82 Å². The smallest absolute Gasteiger partial charge is 0.343 e. The van der Waals surface area contributed by atoms with Crippen LogP contribution in [-0.2, 0) is 11.3 Å². The Hall–Kier alpha value is -3.28. The number of nitrogens with one attached hydrogen (secondary N) is 1. The summed E-state index contributed by atoms with van der Waals surface area (Å²) in [6.45, 7) is 2.60. The molecule has 0 amide bonds. The van der Waals surface area contributed by atoms with Gasteiger partial charge in [-0.1, -0.05) is 30.3 Å². The monoisotopic (exact) mass is 334 g/mol. The van der Waals surface area contributed by atoms with Gasteiger partial charge in [-0.15, -0.1) is 0 Å². The Balaban J connectivity index is 1.91. The van der Waals surface area contributed by atoms with Gasteiger partial charge in [0.05, 0.1) is 6.61 Å². The van der Waals surface area contributed by atoms with Crippen molar-refractivity contribution in [3.63, 3.8) is 0 Å². The van der Waals surface area contributed by atoms with E-state index in [0.717, 1.165) is 11.1 Å². The molecular weight excluding hydrogens is 316 g/mol. The summed E-state index contributed by atoms with van der Waals surface area (Å²) < 4.78 is 5.10. The lowest BCUT2D eigenvalue weighted by atomic mass is 10.2. The van der Waals surface area contributed by atoms with Crippen molar-refractivity contribution in [3.8, 4) is 11.4 Å². The van der Waals surface area contributed by atoms with Crippen molar-refractivity contribution in [3.05, 3.63) is 72.2 Å². The molecule has 0 fully saturated rings. The Kier molecular flexibility index (Phi) is 5.31. The summed E-state index contributed by atoms with van der Waals surface area (Å²) in [7, 11) is 0. The number of nitrogens with zero attached hydrogens (tertiary/aromatic N) is 3. The largest absolute Gasteiger partial charge is 0.462 e. The van der Waals surface area contributed by atoms with E-state index in [-0.39, 0.29) is 0 Å². The van der Waals surface area contributed by atoms with Crippen LogP contribution in [0.2, 0.25) is 0 Å². The molecule has 0 aliphatic heterocycles. The third-order valence-corrected chi connectivity index (χ3v) is 3.53. The highest BCUT2D eigenvalue weighted by atomic mass is 16.5. The zero-order valence-corrected chi connectivity index (χ0v) is 13.8. The fraction of sp³-hybridized carbons (Fsp3) is 0.158. The molecule has 0 radical (unpaired) electrons. The van der Waals surface area contributed by atoms with Crippen LogP contribution in [-0.4, -0.2) is 27.5 Å². The third kappa shape index (κ3) is 4.17. The Labute approximate surface area is 145 Å². The van der Waals surface area contributed by atoms with E-state index < -0.39 is 5.97 Å². The standard InChI is InChI=1S/C19H18N4O2/c1-2-25-19(24)16-13-22-17(15-8-10-20-11-9-15)23-18(16)21-12-14-6-4-3-5-7-14/h3-11,13H,2,12H2,1H3,(H,21,22,23). The molecule has 0 saturated carbocycles. The van der Waals surface area contributed by atoms with Gasteiger partial charge in [0, 0.05) is 30.7 Å². The molecule has 1 aromatic carbocycles. The van der Waals surface area contributed by atoms with E-state index in [1.807, 2.05) is 42.5 Å². The lowest BCUT2D eigenvalue weighted by molar-refractivity contribution is 0.0526. The number of rotatable bonds is 6. The highest BCUT2D eigenvalue weighted by molar-refractivity contribution is 5.94. The number of ether oxygens (including phenoxy) is 1. The number of carbonyl (C=O) groups is 1. The van der Waals surface area contributed by atoms with E-state index in [1.54, 1.807) is 19.3 Å². The summed E-state index contributed by atoms with van der Waals surface area (Å²) in [4.78, 5) is 25.0. The van der Waals surface area contributed by atoms with Gasteiger partial charge in [-0.05, 0) is 24.6 Å². The Morgan fingerprint density at radius 2 is 1.88 bits per heavy atom. The molecule has 1 N–H and O–H groups in total. The predicted octanol–water partition coefficient (Wildman–Crippen LogP) is 3.33. The lowest BCUT2D eigenvalue weighted by Gasteiger charge is -2.12. The topological polar surface area (TPSA) is 77.0 Å². The minimum Gasteiger partial charge on any atom is -0.462 e. The number of hydrogen-bond acceptors (Lipinski definition) is 6. The highest BCUT2D eigenvalue weighted by Crippen LogP contribution is 2.20. The van der Waals surface area contributed by atoms with Crippen LogP contribution in [0.25, 0.3) is 11.4 Å². The molecule has 6 nitrogen and oxygen atoms in total. The van der Waals surface area contributed by atoms with Crippen LogP contribution in [0.3, 0.4) is 0 Å². The second-order valence-electron chi connectivity index (χ2n) is 5.25. The SMILES string of the molecule is CCOC(=O)c1cnc(-c2ccncc2)nc1NCc1ccccc1. The lowest BCUT2D eigenvalue weighted by Crippen LogP contribution is -2.13. The molecule has 0 aliphatic carbocycles. The van der Waals surface area contributed by atoms with Gasteiger partial charge in [-0.25, -0.2) is 14.8 Å². The Morgan fingerprint density at radius 1 is 1.12 bits per heavy atom. The summed E-state index contributed by atoms with van der Waals surface area (Å²) in [5.41, 5.74) is 2.23. The van der Waals surface area contributed by atoms with Crippen LogP contribution in [0.1, 0.15) is 22.8 Å². The molecule has 0 saturated heterocycles. The predicted molar refractivity (Wildman–Crippen MR) is 95.0 cm³/mol. The van der Waals surface area contributed by atoms with Crippen LogP contribution in [0.15, 0.2) is 61.1 Å². The molecule has 2 heterocycles. The van der Waals surface area contributed by atoms with Crippen molar-refractivity contribution >= 4 is 11.8 Å². The van der Waals surface area contributed by atoms with Gasteiger partial charge in [0.25, 0.3) is 0 Å². The van der Waals surface area contributed by atoms with Crippen LogP contribution >= 0.6 is 0 Å². The second-order valence-corrected chi connectivity index (χ2v) is 5.25. The van der Waals surface area contributed by atoms with Crippen molar-refractivity contribution in [1.29, 1.82) is 0 Å². The molecule has 0 aliphatic rings. The zero-order valence-electron chi connectivity index (χ0n) is 13.8. The van der Waals surface area contributed by atoms with Crippen molar-refractivity contribution in [2.45, 2.75) is 13.5 Å². The molecule has 0 atom stereocenters. The maximum atomic E-state index is 12.2. The summed E-state index contributed by atoms with van der Waals surface area (Å²) >= 11 is 0. The minimum atomic E-state index is -0.445. The van der Waals surface area contributed by atoms with Crippen molar-refractivity contribution in [2.24, 2.45) is 0 Å². The van der Waals surface area contributed by atoms with Crippen LogP contribution in [0.5, 0.6) is 0 Å². The van der Waals surface area contributed by atoms with Gasteiger partial charge in [0.15, 0.2) is 5.82 Å². The van der Waals surface area contributed by atoms with E-state index in [1.165, 1.54) is 6.20 Å². The number of esters is 1. The van der Waals surface area contributed by atoms with E-state index in [4.69, 9.17) is 4.74 Å². The van der Waals surface area contributed by atoms with Crippen molar-refractivity contribution in [1.82, 2.24) is 15.0 Å². The average Bonchev–Trinajstić information content (AvgIpc) is 2.68. The first-order valence-corrected chi connectivity index (χ1v) is 8.00. The minimum absolute atomic E-state index is 0.295. The molecule has 3 rings (SSSR count). The van der Waals surface area contributed by atoms with Gasteiger partial charge >= 0.3 is 5.97 Å². The quantitative estimate of drug-likeness (QED) is 0.697. The molecular formula is C19H18N4O2. The number of pyridine rings is 1. The maximum absolute atomic E-state index is 12.2. The molecule has 126 valence electrons. The highest BCUT2D eigenvalue weighted by Gasteiger charge is 2.16. The number of hydrogen-bond donors (Lipinski definition) is 1. The van der Waals surface area contributed by atoms with Gasteiger partial charge in [-0.2, -0.15) is 0 Å². The van der Waals surface area contributed by atoms with Crippen LogP contribution < -0.4 is 5.32 Å². The van der Waals surface area contributed by atoms with Gasteiger partial charge in [0.1, 0.15) is 11.4 Å². The van der Waals surface area contributed by atoms with E-state index in [0.29, 0.717) is 30.4 Å². The average molecular weight is 334 g/mol. The number of aromatic nitrogens is 3. The number of benzene rings is 1. The first-order valence-electron chi connectivity index (χ1n) is 8.00. The van der Waals surface area contributed by atoms with Crippen molar-refractivity contribution < 1.29 is 9.53 Å². The van der Waals surface area contributed by atoms with Gasteiger partial charge in [-0.3, -0.25) is 4.98 Å². The third-order valence-electron chi connectivity index (χ3n) is 3.53. The number of anilines is 1. The normalized spacial score (nSPS) is 10.3. The van der Waals surface area contributed by atoms with Crippen LogP contribution in [0, 0.1) is 0 Å². The first-order chi connectivity index (χ1) is 12.3. The fourth-order valence-corrected chi connectivity index (χ4v) is 2.30.